The number of amides is 2. The summed E-state index contributed by atoms with van der Waals surface area (Å²) in [6, 6.07) is 19.4. The minimum absolute atomic E-state index is 0.126. The molecule has 0 saturated carbocycles. The Morgan fingerprint density at radius 3 is 2.61 bits per heavy atom. The summed E-state index contributed by atoms with van der Waals surface area (Å²) in [5, 5.41) is 2.04. The Labute approximate surface area is 186 Å². The number of nitrogens with two attached hydrogens (primary N) is 1. The third-order valence-corrected chi connectivity index (χ3v) is 6.82. The first kappa shape index (κ1) is 21.1. The minimum atomic E-state index is -0.788. The van der Waals surface area contributed by atoms with E-state index >= 15 is 0 Å². The summed E-state index contributed by atoms with van der Waals surface area (Å²) >= 11 is 1.67. The SMILES string of the molecule is CCOc1ccccc1C(=O)N1CC[C@](Cc2ccccc2-c2cccs2)(C(N)=O)C1. The normalized spacial score (nSPS) is 18.2. The highest BCUT2D eigenvalue weighted by atomic mass is 32.1. The number of primary amides is 1. The van der Waals surface area contributed by atoms with Gasteiger partial charge in [0.25, 0.3) is 5.91 Å². The van der Waals surface area contributed by atoms with Crippen LogP contribution in [-0.4, -0.2) is 36.4 Å². The number of para-hydroxylation sites is 1. The van der Waals surface area contributed by atoms with E-state index in [1.807, 2.05) is 42.6 Å². The number of rotatable bonds is 7. The van der Waals surface area contributed by atoms with Crippen LogP contribution in [0.5, 0.6) is 5.75 Å². The number of likely N-dealkylation sites (tertiary alicyclic amines) is 1. The van der Waals surface area contributed by atoms with Gasteiger partial charge < -0.3 is 15.4 Å². The number of hydrogen-bond acceptors (Lipinski definition) is 4. The van der Waals surface area contributed by atoms with Crippen molar-refractivity contribution in [2.75, 3.05) is 19.7 Å². The van der Waals surface area contributed by atoms with Crippen molar-refractivity contribution < 1.29 is 14.3 Å². The molecule has 0 spiro atoms. The fourth-order valence-electron chi connectivity index (χ4n) is 4.28. The Balaban J connectivity index is 1.60. The molecular weight excluding hydrogens is 408 g/mol. The summed E-state index contributed by atoms with van der Waals surface area (Å²) in [4.78, 5) is 28.8. The second-order valence-corrected chi connectivity index (χ2v) is 8.81. The molecule has 1 aliphatic heterocycles. The van der Waals surface area contributed by atoms with Crippen molar-refractivity contribution in [3.63, 3.8) is 0 Å². The summed E-state index contributed by atoms with van der Waals surface area (Å²) in [6.45, 7) is 3.17. The van der Waals surface area contributed by atoms with E-state index in [4.69, 9.17) is 10.5 Å². The predicted molar refractivity (Wildman–Crippen MR) is 123 cm³/mol. The van der Waals surface area contributed by atoms with Gasteiger partial charge in [-0.3, -0.25) is 9.59 Å². The molecule has 160 valence electrons. The summed E-state index contributed by atoms with van der Waals surface area (Å²) in [5.41, 5.74) is 7.85. The van der Waals surface area contributed by atoms with Crippen LogP contribution in [0.2, 0.25) is 0 Å². The van der Waals surface area contributed by atoms with Crippen molar-refractivity contribution in [1.29, 1.82) is 0 Å². The Morgan fingerprint density at radius 1 is 1.10 bits per heavy atom. The van der Waals surface area contributed by atoms with Crippen molar-refractivity contribution in [1.82, 2.24) is 4.90 Å². The number of hydrogen-bond donors (Lipinski definition) is 1. The van der Waals surface area contributed by atoms with E-state index in [9.17, 15) is 9.59 Å². The van der Waals surface area contributed by atoms with Crippen molar-refractivity contribution in [2.24, 2.45) is 11.1 Å². The summed E-state index contributed by atoms with van der Waals surface area (Å²) in [6.07, 6.45) is 1.05. The van der Waals surface area contributed by atoms with E-state index in [2.05, 4.69) is 18.2 Å². The maximum absolute atomic E-state index is 13.3. The lowest BCUT2D eigenvalue weighted by atomic mass is 9.79. The van der Waals surface area contributed by atoms with Gasteiger partial charge in [0.15, 0.2) is 0 Å². The van der Waals surface area contributed by atoms with Gasteiger partial charge in [-0.15, -0.1) is 11.3 Å². The van der Waals surface area contributed by atoms with Crippen LogP contribution in [0.3, 0.4) is 0 Å². The second kappa shape index (κ2) is 8.94. The number of thiophene rings is 1. The molecule has 2 heterocycles. The molecule has 0 aliphatic carbocycles. The van der Waals surface area contributed by atoms with Crippen molar-refractivity contribution in [3.8, 4) is 16.2 Å². The average molecular weight is 435 g/mol. The maximum Gasteiger partial charge on any atom is 0.257 e. The van der Waals surface area contributed by atoms with Gasteiger partial charge in [0.05, 0.1) is 17.6 Å². The largest absolute Gasteiger partial charge is 0.493 e. The lowest BCUT2D eigenvalue weighted by molar-refractivity contribution is -0.126. The Bertz CT molecular complexity index is 1080. The quantitative estimate of drug-likeness (QED) is 0.600. The summed E-state index contributed by atoms with van der Waals surface area (Å²) in [7, 11) is 0. The third-order valence-electron chi connectivity index (χ3n) is 5.91. The standard InChI is InChI=1S/C25H26N2O3S/c1-2-30-21-11-6-5-10-20(21)23(28)27-14-13-25(17-27,24(26)29)16-18-8-3-4-9-19(18)22-12-7-15-31-22/h3-12,15H,2,13-14,16-17H2,1H3,(H2,26,29)/t25-/m1/s1. The molecular formula is C25H26N2O3S. The first-order valence-corrected chi connectivity index (χ1v) is 11.3. The van der Waals surface area contributed by atoms with Gasteiger partial charge in [-0.25, -0.2) is 0 Å². The highest BCUT2D eigenvalue weighted by molar-refractivity contribution is 7.13. The number of nitrogens with zero attached hydrogens (tertiary/aromatic N) is 1. The van der Waals surface area contributed by atoms with E-state index < -0.39 is 5.41 Å². The monoisotopic (exact) mass is 434 g/mol. The lowest BCUT2D eigenvalue weighted by Gasteiger charge is -2.27. The van der Waals surface area contributed by atoms with E-state index in [1.54, 1.807) is 28.4 Å². The van der Waals surface area contributed by atoms with Crippen LogP contribution in [0, 0.1) is 5.41 Å². The smallest absolute Gasteiger partial charge is 0.257 e. The number of benzene rings is 2. The van der Waals surface area contributed by atoms with Crippen LogP contribution in [0.1, 0.15) is 29.3 Å². The zero-order chi connectivity index (χ0) is 21.8. The van der Waals surface area contributed by atoms with Gasteiger partial charge in [0, 0.05) is 18.0 Å². The van der Waals surface area contributed by atoms with Gasteiger partial charge in [-0.2, -0.15) is 0 Å². The zero-order valence-corrected chi connectivity index (χ0v) is 18.4. The Morgan fingerprint density at radius 2 is 1.87 bits per heavy atom. The molecule has 2 aromatic carbocycles. The molecule has 0 radical (unpaired) electrons. The molecule has 1 aliphatic rings. The fraction of sp³-hybridized carbons (Fsp3) is 0.280. The van der Waals surface area contributed by atoms with E-state index in [-0.39, 0.29) is 11.8 Å². The maximum atomic E-state index is 13.3. The van der Waals surface area contributed by atoms with E-state index in [1.165, 1.54) is 0 Å². The van der Waals surface area contributed by atoms with Crippen molar-refractivity contribution in [3.05, 3.63) is 77.2 Å². The molecule has 0 unspecified atom stereocenters. The molecule has 4 rings (SSSR count). The third kappa shape index (κ3) is 4.21. The van der Waals surface area contributed by atoms with Crippen LogP contribution in [0.4, 0.5) is 0 Å². The van der Waals surface area contributed by atoms with Gasteiger partial charge >= 0.3 is 0 Å². The molecule has 2 amide bonds. The zero-order valence-electron chi connectivity index (χ0n) is 17.5. The molecule has 1 saturated heterocycles. The minimum Gasteiger partial charge on any atom is -0.493 e. The van der Waals surface area contributed by atoms with Crippen molar-refractivity contribution in [2.45, 2.75) is 19.8 Å². The first-order valence-electron chi connectivity index (χ1n) is 10.5. The van der Waals surface area contributed by atoms with Gasteiger partial charge in [0.2, 0.25) is 5.91 Å². The summed E-state index contributed by atoms with van der Waals surface area (Å²) < 4.78 is 5.63. The molecule has 1 fully saturated rings. The Kier molecular flexibility index (Phi) is 6.09. The summed E-state index contributed by atoms with van der Waals surface area (Å²) in [5.74, 6) is 0.0789. The average Bonchev–Trinajstić information content (AvgIpc) is 3.46. The van der Waals surface area contributed by atoms with Gasteiger partial charge in [0.1, 0.15) is 5.75 Å². The van der Waals surface area contributed by atoms with E-state index in [0.717, 1.165) is 16.0 Å². The van der Waals surface area contributed by atoms with Crippen LogP contribution in [0.25, 0.3) is 10.4 Å². The lowest BCUT2D eigenvalue weighted by Crippen LogP contribution is -2.42. The van der Waals surface area contributed by atoms with Crippen LogP contribution in [-0.2, 0) is 11.2 Å². The predicted octanol–water partition coefficient (Wildman–Crippen LogP) is 4.37. The van der Waals surface area contributed by atoms with Crippen LogP contribution in [0.15, 0.2) is 66.0 Å². The van der Waals surface area contributed by atoms with Crippen molar-refractivity contribution >= 4 is 23.2 Å². The van der Waals surface area contributed by atoms with Crippen LogP contribution < -0.4 is 10.5 Å². The first-order chi connectivity index (χ1) is 15.0. The Hall–Kier alpha value is -3.12. The van der Waals surface area contributed by atoms with Gasteiger partial charge in [-0.05, 0) is 54.5 Å². The van der Waals surface area contributed by atoms with Gasteiger partial charge in [-0.1, -0.05) is 42.5 Å². The number of carbonyl (C=O) groups excluding carboxylic acids is 2. The molecule has 31 heavy (non-hydrogen) atoms. The van der Waals surface area contributed by atoms with Crippen LogP contribution >= 0.6 is 11.3 Å². The number of carbonyl (C=O) groups is 2. The second-order valence-electron chi connectivity index (χ2n) is 7.86. The van der Waals surface area contributed by atoms with E-state index in [0.29, 0.717) is 43.9 Å². The molecule has 3 aromatic rings. The fourth-order valence-corrected chi connectivity index (χ4v) is 5.07. The highest BCUT2D eigenvalue weighted by Gasteiger charge is 2.45. The molecule has 1 aromatic heterocycles. The molecule has 2 N–H and O–H groups in total. The topological polar surface area (TPSA) is 72.6 Å². The highest BCUT2D eigenvalue weighted by Crippen LogP contribution is 2.38. The number of ether oxygens (including phenoxy) is 1. The molecule has 1 atom stereocenters. The molecule has 6 heteroatoms. The molecule has 5 nitrogen and oxygen atoms in total. The molecule has 0 bridgehead atoms.